The van der Waals surface area contributed by atoms with Crippen LogP contribution in [0.25, 0.3) is 0 Å². The van der Waals surface area contributed by atoms with Crippen LogP contribution in [0.1, 0.15) is 22.0 Å². The van der Waals surface area contributed by atoms with Gasteiger partial charge in [-0.25, -0.2) is 0 Å². The highest BCUT2D eigenvalue weighted by atomic mass is 16.7. The smallest absolute Gasteiger partial charge is 0.255 e. The number of nitriles is 1. The Kier molecular flexibility index (Phi) is 4.46. The van der Waals surface area contributed by atoms with Crippen LogP contribution < -0.4 is 4.90 Å². The maximum atomic E-state index is 12.5. The van der Waals surface area contributed by atoms with E-state index >= 15 is 0 Å². The van der Waals surface area contributed by atoms with Gasteiger partial charge >= 0.3 is 0 Å². The Morgan fingerprint density at radius 2 is 2.05 bits per heavy atom. The first-order valence-electron chi connectivity index (χ1n) is 6.61. The summed E-state index contributed by atoms with van der Waals surface area (Å²) < 4.78 is 10.3. The fourth-order valence-electron chi connectivity index (χ4n) is 2.42. The maximum Gasteiger partial charge on any atom is 0.255 e. The quantitative estimate of drug-likeness (QED) is 0.766. The second kappa shape index (κ2) is 6.12. The van der Waals surface area contributed by atoms with Gasteiger partial charge in [-0.1, -0.05) is 0 Å². The van der Waals surface area contributed by atoms with Crippen LogP contribution in [0, 0.1) is 11.3 Å². The Bertz CT molecular complexity index is 576. The van der Waals surface area contributed by atoms with Crippen LogP contribution in [0.5, 0.6) is 0 Å². The monoisotopic (exact) mass is 289 g/mol. The fraction of sp³-hybridized carbons (Fsp3) is 0.467. The van der Waals surface area contributed by atoms with Crippen molar-refractivity contribution in [1.29, 1.82) is 5.26 Å². The average molecular weight is 289 g/mol. The first kappa shape index (κ1) is 15.3. The van der Waals surface area contributed by atoms with Crippen LogP contribution in [0.4, 0.5) is 5.69 Å². The number of carbonyl (C=O) groups is 1. The minimum Gasteiger partial charge on any atom is -0.378 e. The van der Waals surface area contributed by atoms with Gasteiger partial charge in [0.25, 0.3) is 5.91 Å². The maximum absolute atomic E-state index is 12.5. The van der Waals surface area contributed by atoms with Gasteiger partial charge in [0, 0.05) is 45.1 Å². The highest BCUT2D eigenvalue weighted by molar-refractivity contribution is 6.00. The van der Waals surface area contributed by atoms with Crippen LogP contribution >= 0.6 is 0 Å². The Morgan fingerprint density at radius 1 is 1.38 bits per heavy atom. The Morgan fingerprint density at radius 3 is 2.57 bits per heavy atom. The lowest BCUT2D eigenvalue weighted by molar-refractivity contribution is -0.113. The Labute approximate surface area is 124 Å². The summed E-state index contributed by atoms with van der Waals surface area (Å²) in [5, 5.41) is 9.45. The van der Waals surface area contributed by atoms with E-state index in [1.807, 2.05) is 31.1 Å². The molecular weight excluding hydrogens is 270 g/mol. The van der Waals surface area contributed by atoms with Gasteiger partial charge in [-0.15, -0.1) is 0 Å². The number of anilines is 1. The van der Waals surface area contributed by atoms with Crippen molar-refractivity contribution in [2.45, 2.75) is 12.3 Å². The normalized spacial score (nSPS) is 17.0. The molecule has 0 aromatic heterocycles. The molecule has 2 rings (SSSR count). The van der Waals surface area contributed by atoms with Gasteiger partial charge in [0.2, 0.25) is 0 Å². The van der Waals surface area contributed by atoms with Crippen molar-refractivity contribution in [3.63, 3.8) is 0 Å². The van der Waals surface area contributed by atoms with Gasteiger partial charge in [-0.3, -0.25) is 4.79 Å². The molecule has 1 atom stereocenters. The number of amides is 1. The van der Waals surface area contributed by atoms with E-state index in [4.69, 9.17) is 9.47 Å². The molecule has 1 aromatic rings. The zero-order valence-corrected chi connectivity index (χ0v) is 12.7. The van der Waals surface area contributed by atoms with Crippen LogP contribution in [0.15, 0.2) is 18.2 Å². The third-order valence-electron chi connectivity index (χ3n) is 3.64. The number of hydrogen-bond donors (Lipinski definition) is 0. The third-order valence-corrected chi connectivity index (χ3v) is 3.64. The van der Waals surface area contributed by atoms with Crippen molar-refractivity contribution in [2.75, 3.05) is 39.8 Å². The first-order chi connectivity index (χ1) is 10.0. The second-order valence-corrected chi connectivity index (χ2v) is 5.06. The van der Waals surface area contributed by atoms with E-state index in [-0.39, 0.29) is 12.5 Å². The molecule has 1 amide bonds. The molecule has 6 heteroatoms. The summed E-state index contributed by atoms with van der Waals surface area (Å²) in [4.78, 5) is 15.9. The van der Waals surface area contributed by atoms with Crippen molar-refractivity contribution in [3.8, 4) is 6.07 Å². The molecule has 0 fully saturated rings. The summed E-state index contributed by atoms with van der Waals surface area (Å²) in [5.74, 6) is -0.166. The summed E-state index contributed by atoms with van der Waals surface area (Å²) in [6.07, 6.45) is -0.549. The summed E-state index contributed by atoms with van der Waals surface area (Å²) in [5.41, 5.74) is 2.26. The van der Waals surface area contributed by atoms with E-state index in [2.05, 4.69) is 6.07 Å². The van der Waals surface area contributed by atoms with Crippen molar-refractivity contribution < 1.29 is 14.3 Å². The molecule has 0 saturated carbocycles. The van der Waals surface area contributed by atoms with Crippen molar-refractivity contribution in [1.82, 2.24) is 4.90 Å². The minimum atomic E-state index is -0.611. The molecule has 1 heterocycles. The van der Waals surface area contributed by atoms with E-state index in [0.717, 1.165) is 11.3 Å². The highest BCUT2D eigenvalue weighted by Crippen LogP contribution is 2.35. The molecule has 0 spiro atoms. The number of hydrogen-bond acceptors (Lipinski definition) is 5. The van der Waals surface area contributed by atoms with E-state index in [1.165, 1.54) is 19.1 Å². The number of carbonyl (C=O) groups excluding carboxylic acids is 1. The topological polar surface area (TPSA) is 65.8 Å². The predicted octanol–water partition coefficient (Wildman–Crippen LogP) is 1.39. The molecular formula is C15H19N3O3. The lowest BCUT2D eigenvalue weighted by atomic mass is 10.0. The van der Waals surface area contributed by atoms with Crippen LogP contribution in [0.2, 0.25) is 0 Å². The van der Waals surface area contributed by atoms with Crippen molar-refractivity contribution >= 4 is 11.6 Å². The molecule has 0 aliphatic carbocycles. The SMILES string of the molecule is COC(CN1C(=O)c2ccc(N(C)C)cc2C1C#N)OC. The lowest BCUT2D eigenvalue weighted by Gasteiger charge is -2.24. The molecule has 21 heavy (non-hydrogen) atoms. The minimum absolute atomic E-state index is 0.166. The predicted molar refractivity (Wildman–Crippen MR) is 78.0 cm³/mol. The summed E-state index contributed by atoms with van der Waals surface area (Å²) in [6, 6.07) is 7.11. The van der Waals surface area contributed by atoms with E-state index in [9.17, 15) is 10.1 Å². The van der Waals surface area contributed by atoms with Gasteiger partial charge in [0.05, 0.1) is 12.6 Å². The van der Waals surface area contributed by atoms with Gasteiger partial charge in [0.15, 0.2) is 6.29 Å². The third kappa shape index (κ3) is 2.71. The highest BCUT2D eigenvalue weighted by Gasteiger charge is 2.38. The molecule has 112 valence electrons. The Balaban J connectivity index is 2.36. The van der Waals surface area contributed by atoms with E-state index < -0.39 is 12.3 Å². The number of benzene rings is 1. The average Bonchev–Trinajstić information content (AvgIpc) is 2.76. The fourth-order valence-corrected chi connectivity index (χ4v) is 2.42. The van der Waals surface area contributed by atoms with Gasteiger partial charge in [0.1, 0.15) is 6.04 Å². The van der Waals surface area contributed by atoms with E-state index in [0.29, 0.717) is 5.56 Å². The zero-order chi connectivity index (χ0) is 15.6. The molecule has 0 bridgehead atoms. The summed E-state index contributed by atoms with van der Waals surface area (Å²) in [7, 11) is 6.85. The van der Waals surface area contributed by atoms with Crippen LogP contribution in [0.3, 0.4) is 0 Å². The summed E-state index contributed by atoms with van der Waals surface area (Å²) >= 11 is 0. The number of rotatable bonds is 5. The lowest BCUT2D eigenvalue weighted by Crippen LogP contribution is -2.36. The van der Waals surface area contributed by atoms with Crippen LogP contribution in [-0.4, -0.2) is 52.0 Å². The van der Waals surface area contributed by atoms with Crippen molar-refractivity contribution in [3.05, 3.63) is 29.3 Å². The Hall–Kier alpha value is -2.10. The van der Waals surface area contributed by atoms with Gasteiger partial charge in [-0.2, -0.15) is 5.26 Å². The number of nitrogens with zero attached hydrogens (tertiary/aromatic N) is 3. The molecule has 0 N–H and O–H groups in total. The number of ether oxygens (including phenoxy) is 2. The molecule has 0 saturated heterocycles. The summed E-state index contributed by atoms with van der Waals surface area (Å²) in [6.45, 7) is 0.218. The van der Waals surface area contributed by atoms with Gasteiger partial charge < -0.3 is 19.3 Å². The molecule has 1 aromatic carbocycles. The largest absolute Gasteiger partial charge is 0.378 e. The molecule has 1 aliphatic rings. The molecule has 1 aliphatic heterocycles. The standard InChI is InChI=1S/C15H19N3O3/c1-17(2)10-5-6-11-12(7-10)13(8-16)18(15(11)19)9-14(20-3)21-4/h5-7,13-14H,9H2,1-4H3. The van der Waals surface area contributed by atoms with E-state index in [1.54, 1.807) is 6.07 Å². The van der Waals surface area contributed by atoms with Crippen LogP contribution in [-0.2, 0) is 9.47 Å². The number of methoxy groups -OCH3 is 2. The molecule has 6 nitrogen and oxygen atoms in total. The molecule has 1 unspecified atom stereocenters. The zero-order valence-electron chi connectivity index (χ0n) is 12.7. The van der Waals surface area contributed by atoms with Crippen molar-refractivity contribution in [2.24, 2.45) is 0 Å². The second-order valence-electron chi connectivity index (χ2n) is 5.06. The molecule has 0 radical (unpaired) electrons. The first-order valence-corrected chi connectivity index (χ1v) is 6.61. The van der Waals surface area contributed by atoms with Gasteiger partial charge in [-0.05, 0) is 18.2 Å². The number of fused-ring (bicyclic) bond motifs is 1.